The van der Waals surface area contributed by atoms with Gasteiger partial charge in [0.05, 0.1) is 5.56 Å². The number of aromatic nitrogens is 1. The van der Waals surface area contributed by atoms with Crippen LogP contribution < -0.4 is 0 Å². The summed E-state index contributed by atoms with van der Waals surface area (Å²) in [4.78, 5) is 28.9. The number of aromatic carboxylic acids is 1. The van der Waals surface area contributed by atoms with Gasteiger partial charge < -0.3 is 10.0 Å². The minimum atomic E-state index is -4.52. The molecule has 8 heteroatoms. The van der Waals surface area contributed by atoms with Gasteiger partial charge in [-0.2, -0.15) is 13.2 Å². The molecular weight excluding hydrogens is 349 g/mol. The first-order valence-electron chi connectivity index (χ1n) is 7.94. The van der Waals surface area contributed by atoms with Gasteiger partial charge in [-0.25, -0.2) is 9.78 Å². The highest BCUT2D eigenvalue weighted by Crippen LogP contribution is 2.35. The second kappa shape index (κ2) is 6.78. The second-order valence-electron chi connectivity index (χ2n) is 6.03. The van der Waals surface area contributed by atoms with Crippen molar-refractivity contribution < 1.29 is 27.9 Å². The first-order valence-corrected chi connectivity index (χ1v) is 7.94. The Morgan fingerprint density at radius 2 is 1.73 bits per heavy atom. The number of halogens is 3. The van der Waals surface area contributed by atoms with E-state index in [-0.39, 0.29) is 29.5 Å². The molecule has 0 bridgehead atoms. The van der Waals surface area contributed by atoms with Gasteiger partial charge in [0.25, 0.3) is 5.91 Å². The molecule has 0 saturated heterocycles. The van der Waals surface area contributed by atoms with Gasteiger partial charge in [0.2, 0.25) is 0 Å². The van der Waals surface area contributed by atoms with Crippen LogP contribution in [0, 0.1) is 0 Å². The number of benzene rings is 1. The molecule has 0 atom stereocenters. The van der Waals surface area contributed by atoms with E-state index in [0.29, 0.717) is 12.8 Å². The third kappa shape index (κ3) is 3.84. The summed E-state index contributed by atoms with van der Waals surface area (Å²) in [6, 6.07) is 8.94. The van der Waals surface area contributed by atoms with Gasteiger partial charge in [-0.1, -0.05) is 24.3 Å². The average Bonchev–Trinajstić information content (AvgIpc) is 3.43. The topological polar surface area (TPSA) is 70.5 Å². The minimum Gasteiger partial charge on any atom is -0.477 e. The minimum absolute atomic E-state index is 0.00496. The van der Waals surface area contributed by atoms with Crippen molar-refractivity contribution in [2.24, 2.45) is 0 Å². The van der Waals surface area contributed by atoms with Crippen LogP contribution in [0.4, 0.5) is 13.2 Å². The monoisotopic (exact) mass is 364 g/mol. The van der Waals surface area contributed by atoms with Gasteiger partial charge in [0.1, 0.15) is 11.4 Å². The Labute approximate surface area is 147 Å². The Kier molecular flexibility index (Phi) is 4.67. The van der Waals surface area contributed by atoms with E-state index in [9.17, 15) is 22.8 Å². The Bertz CT molecular complexity index is 848. The van der Waals surface area contributed by atoms with Crippen LogP contribution in [0.2, 0.25) is 0 Å². The number of amides is 1. The molecule has 1 N–H and O–H groups in total. The van der Waals surface area contributed by atoms with Crippen molar-refractivity contribution in [3.63, 3.8) is 0 Å². The van der Waals surface area contributed by atoms with Crippen molar-refractivity contribution in [1.82, 2.24) is 9.88 Å². The summed E-state index contributed by atoms with van der Waals surface area (Å²) in [5, 5.41) is 9.00. The first kappa shape index (κ1) is 17.9. The van der Waals surface area contributed by atoms with E-state index in [4.69, 9.17) is 5.11 Å². The molecule has 5 nitrogen and oxygen atoms in total. The largest absolute Gasteiger partial charge is 0.477 e. The summed E-state index contributed by atoms with van der Waals surface area (Å²) in [6.07, 6.45) is -3.13. The quantitative estimate of drug-likeness (QED) is 0.880. The molecule has 1 aromatic heterocycles. The summed E-state index contributed by atoms with van der Waals surface area (Å²) in [5.74, 6) is -1.85. The Morgan fingerprint density at radius 3 is 2.35 bits per heavy atom. The molecule has 1 heterocycles. The van der Waals surface area contributed by atoms with E-state index < -0.39 is 23.6 Å². The van der Waals surface area contributed by atoms with Crippen molar-refractivity contribution in [3.8, 4) is 0 Å². The standard InChI is InChI=1S/C18H15F3N2O3/c19-18(20,21)13-5-2-1-4-11(13)10-23(12-8-9-12)16(24)14-6-3-7-15(22-14)17(25)26/h1-7,12H,8-10H2,(H,25,26). The van der Waals surface area contributed by atoms with Crippen molar-refractivity contribution in [3.05, 3.63) is 65.0 Å². The van der Waals surface area contributed by atoms with Crippen molar-refractivity contribution in [2.45, 2.75) is 31.6 Å². The lowest BCUT2D eigenvalue weighted by Gasteiger charge is -2.24. The highest BCUT2D eigenvalue weighted by atomic mass is 19.4. The average molecular weight is 364 g/mol. The number of carboxylic acids is 1. The summed E-state index contributed by atoms with van der Waals surface area (Å²) in [6.45, 7) is -0.210. The number of alkyl halides is 3. The molecule has 0 unspecified atom stereocenters. The zero-order valence-electron chi connectivity index (χ0n) is 13.5. The lowest BCUT2D eigenvalue weighted by Crippen LogP contribution is -2.34. The van der Waals surface area contributed by atoms with E-state index in [1.165, 1.54) is 41.3 Å². The van der Waals surface area contributed by atoms with Crippen LogP contribution in [0.5, 0.6) is 0 Å². The van der Waals surface area contributed by atoms with Gasteiger partial charge in [0.15, 0.2) is 0 Å². The normalized spacial score (nSPS) is 14.1. The first-order chi connectivity index (χ1) is 12.3. The van der Waals surface area contributed by atoms with Crippen LogP contribution in [0.15, 0.2) is 42.5 Å². The lowest BCUT2D eigenvalue weighted by atomic mass is 10.1. The van der Waals surface area contributed by atoms with E-state index in [1.54, 1.807) is 0 Å². The summed E-state index contributed by atoms with van der Waals surface area (Å²) in [7, 11) is 0. The maximum absolute atomic E-state index is 13.2. The third-order valence-electron chi connectivity index (χ3n) is 4.10. The maximum Gasteiger partial charge on any atom is 0.416 e. The van der Waals surface area contributed by atoms with E-state index in [0.717, 1.165) is 6.07 Å². The summed E-state index contributed by atoms with van der Waals surface area (Å²) in [5.41, 5.74) is -1.18. The summed E-state index contributed by atoms with van der Waals surface area (Å²) >= 11 is 0. The van der Waals surface area contributed by atoms with Gasteiger partial charge in [0, 0.05) is 12.6 Å². The Hall–Kier alpha value is -2.90. The molecule has 1 aromatic carbocycles. The Balaban J connectivity index is 1.91. The van der Waals surface area contributed by atoms with Crippen LogP contribution in [0.25, 0.3) is 0 Å². The predicted octanol–water partition coefficient (Wildman–Crippen LogP) is 3.60. The second-order valence-corrected chi connectivity index (χ2v) is 6.03. The molecule has 0 spiro atoms. The number of carboxylic acid groups (broad SMARTS) is 1. The summed E-state index contributed by atoms with van der Waals surface area (Å²) < 4.78 is 39.6. The molecule has 0 radical (unpaired) electrons. The van der Waals surface area contributed by atoms with Crippen LogP contribution in [-0.4, -0.2) is 32.9 Å². The van der Waals surface area contributed by atoms with Gasteiger partial charge in [-0.3, -0.25) is 4.79 Å². The smallest absolute Gasteiger partial charge is 0.416 e. The Morgan fingerprint density at radius 1 is 1.08 bits per heavy atom. The van der Waals surface area contributed by atoms with Crippen LogP contribution >= 0.6 is 0 Å². The number of carbonyl (C=O) groups excluding carboxylic acids is 1. The number of pyridine rings is 1. The molecule has 1 fully saturated rings. The SMILES string of the molecule is O=C(O)c1cccc(C(=O)N(Cc2ccccc2C(F)(F)F)C2CC2)n1. The van der Waals surface area contributed by atoms with Crippen molar-refractivity contribution >= 4 is 11.9 Å². The fourth-order valence-electron chi connectivity index (χ4n) is 2.69. The fourth-order valence-corrected chi connectivity index (χ4v) is 2.69. The van der Waals surface area contributed by atoms with Gasteiger partial charge >= 0.3 is 12.1 Å². The van der Waals surface area contributed by atoms with Crippen LogP contribution in [0.1, 0.15) is 44.9 Å². The highest BCUT2D eigenvalue weighted by Gasteiger charge is 2.37. The molecule has 2 aromatic rings. The van der Waals surface area contributed by atoms with E-state index in [1.807, 2.05) is 0 Å². The van der Waals surface area contributed by atoms with Crippen LogP contribution in [-0.2, 0) is 12.7 Å². The fraction of sp³-hybridized carbons (Fsp3) is 0.278. The number of nitrogens with zero attached hydrogens (tertiary/aromatic N) is 2. The highest BCUT2D eigenvalue weighted by molar-refractivity contribution is 5.94. The molecule has 0 aliphatic heterocycles. The molecule has 3 rings (SSSR count). The van der Waals surface area contributed by atoms with Crippen LogP contribution in [0.3, 0.4) is 0 Å². The van der Waals surface area contributed by atoms with E-state index >= 15 is 0 Å². The van der Waals surface area contributed by atoms with Gasteiger partial charge in [-0.05, 0) is 36.6 Å². The number of hydrogen-bond donors (Lipinski definition) is 1. The molecule has 1 saturated carbocycles. The van der Waals surface area contributed by atoms with Crippen molar-refractivity contribution in [1.29, 1.82) is 0 Å². The molecular formula is C18H15F3N2O3. The maximum atomic E-state index is 13.2. The van der Waals surface area contributed by atoms with Gasteiger partial charge in [-0.15, -0.1) is 0 Å². The van der Waals surface area contributed by atoms with E-state index in [2.05, 4.69) is 4.98 Å². The number of carbonyl (C=O) groups is 2. The number of rotatable bonds is 5. The predicted molar refractivity (Wildman–Crippen MR) is 85.5 cm³/mol. The third-order valence-corrected chi connectivity index (χ3v) is 4.10. The van der Waals surface area contributed by atoms with Crippen molar-refractivity contribution in [2.75, 3.05) is 0 Å². The zero-order valence-corrected chi connectivity index (χ0v) is 13.5. The molecule has 1 amide bonds. The zero-order chi connectivity index (χ0) is 18.9. The number of hydrogen-bond acceptors (Lipinski definition) is 3. The molecule has 1 aliphatic carbocycles. The molecule has 26 heavy (non-hydrogen) atoms. The lowest BCUT2D eigenvalue weighted by molar-refractivity contribution is -0.138. The molecule has 1 aliphatic rings. The molecule has 136 valence electrons.